The molecule has 0 bridgehead atoms. The molecule has 3 rings (SSSR count). The lowest BCUT2D eigenvalue weighted by molar-refractivity contribution is 0.102. The molecule has 1 aromatic carbocycles. The van der Waals surface area contributed by atoms with E-state index < -0.39 is 11.7 Å². The summed E-state index contributed by atoms with van der Waals surface area (Å²) in [5.74, 6) is -0.413. The zero-order valence-electron chi connectivity index (χ0n) is 14.5. The van der Waals surface area contributed by atoms with Gasteiger partial charge in [0.05, 0.1) is 23.8 Å². The first-order chi connectivity index (χ1) is 11.9. The number of nitrogens with one attached hydrogen (secondary N) is 1. The van der Waals surface area contributed by atoms with Crippen LogP contribution in [-0.4, -0.2) is 25.7 Å². The van der Waals surface area contributed by atoms with E-state index in [1.807, 2.05) is 20.8 Å². The predicted molar refractivity (Wildman–Crippen MR) is 92.5 cm³/mol. The monoisotopic (exact) mass is 339 g/mol. The highest BCUT2D eigenvalue weighted by Crippen LogP contribution is 2.15. The molecular formula is C18H18FN5O. The van der Waals surface area contributed by atoms with Crippen LogP contribution in [0.3, 0.4) is 0 Å². The SMILES string of the molecule is Cc1ccc(C(=O)Nc2cnc(-n3nc(C)c(C)c3C)nc2)cc1F. The topological polar surface area (TPSA) is 72.7 Å². The molecule has 2 heterocycles. The van der Waals surface area contributed by atoms with Gasteiger partial charge in [-0.3, -0.25) is 4.79 Å². The van der Waals surface area contributed by atoms with Crippen molar-refractivity contribution in [3.05, 3.63) is 64.5 Å². The molecule has 0 aliphatic heterocycles. The number of anilines is 1. The van der Waals surface area contributed by atoms with Crippen LogP contribution in [0, 0.1) is 33.5 Å². The molecule has 0 atom stereocenters. The molecule has 128 valence electrons. The smallest absolute Gasteiger partial charge is 0.255 e. The van der Waals surface area contributed by atoms with E-state index in [-0.39, 0.29) is 5.56 Å². The maximum absolute atomic E-state index is 13.6. The van der Waals surface area contributed by atoms with Crippen LogP contribution in [0.2, 0.25) is 0 Å². The first kappa shape index (κ1) is 16.8. The number of hydrogen-bond donors (Lipinski definition) is 1. The third kappa shape index (κ3) is 3.26. The molecule has 0 aliphatic rings. The molecule has 0 fully saturated rings. The van der Waals surface area contributed by atoms with Crippen molar-refractivity contribution in [1.82, 2.24) is 19.7 Å². The van der Waals surface area contributed by atoms with Gasteiger partial charge in [0.1, 0.15) is 5.82 Å². The number of aryl methyl sites for hydroxylation is 2. The highest BCUT2D eigenvalue weighted by atomic mass is 19.1. The quantitative estimate of drug-likeness (QED) is 0.795. The van der Waals surface area contributed by atoms with Crippen LogP contribution in [0.4, 0.5) is 10.1 Å². The molecule has 2 aromatic heterocycles. The number of rotatable bonds is 3. The summed E-state index contributed by atoms with van der Waals surface area (Å²) >= 11 is 0. The first-order valence-electron chi connectivity index (χ1n) is 7.79. The Hall–Kier alpha value is -3.09. The Morgan fingerprint density at radius 3 is 2.36 bits per heavy atom. The molecule has 0 saturated heterocycles. The Labute approximate surface area is 144 Å². The largest absolute Gasteiger partial charge is 0.319 e. The van der Waals surface area contributed by atoms with Crippen molar-refractivity contribution in [3.8, 4) is 5.95 Å². The van der Waals surface area contributed by atoms with Crippen molar-refractivity contribution in [2.24, 2.45) is 0 Å². The van der Waals surface area contributed by atoms with Crippen LogP contribution in [-0.2, 0) is 0 Å². The number of halogens is 1. The summed E-state index contributed by atoms with van der Waals surface area (Å²) in [6.07, 6.45) is 2.99. The van der Waals surface area contributed by atoms with Gasteiger partial charge in [-0.05, 0) is 51.0 Å². The minimum atomic E-state index is -0.419. The fourth-order valence-electron chi connectivity index (χ4n) is 2.35. The molecule has 25 heavy (non-hydrogen) atoms. The van der Waals surface area contributed by atoms with Gasteiger partial charge in [-0.1, -0.05) is 6.07 Å². The summed E-state index contributed by atoms with van der Waals surface area (Å²) < 4.78 is 15.2. The lowest BCUT2D eigenvalue weighted by Gasteiger charge is -2.07. The Bertz CT molecular complexity index is 947. The third-order valence-corrected chi connectivity index (χ3v) is 4.17. The maximum atomic E-state index is 13.6. The summed E-state index contributed by atoms with van der Waals surface area (Å²) in [6, 6.07) is 4.34. The molecule has 1 N–H and O–H groups in total. The molecule has 0 saturated carbocycles. The van der Waals surface area contributed by atoms with E-state index >= 15 is 0 Å². The van der Waals surface area contributed by atoms with Crippen molar-refractivity contribution in [3.63, 3.8) is 0 Å². The molecule has 3 aromatic rings. The standard InChI is InChI=1S/C18H18FN5O/c1-10-5-6-14(7-16(10)19)17(25)22-15-8-20-18(21-9-15)24-13(4)11(2)12(3)23-24/h5-9H,1-4H3,(H,22,25). The summed E-state index contributed by atoms with van der Waals surface area (Å²) in [6.45, 7) is 7.50. The van der Waals surface area contributed by atoms with Crippen LogP contribution in [0.5, 0.6) is 0 Å². The number of aromatic nitrogens is 4. The maximum Gasteiger partial charge on any atom is 0.255 e. The van der Waals surface area contributed by atoms with Gasteiger partial charge in [0.25, 0.3) is 11.9 Å². The molecule has 0 radical (unpaired) electrons. The second kappa shape index (κ2) is 6.43. The highest BCUT2D eigenvalue weighted by molar-refractivity contribution is 6.04. The first-order valence-corrected chi connectivity index (χ1v) is 7.79. The second-order valence-corrected chi connectivity index (χ2v) is 5.90. The van der Waals surface area contributed by atoms with Crippen molar-refractivity contribution in [1.29, 1.82) is 0 Å². The molecule has 6 nitrogen and oxygen atoms in total. The van der Waals surface area contributed by atoms with Gasteiger partial charge >= 0.3 is 0 Å². The van der Waals surface area contributed by atoms with Gasteiger partial charge in [0, 0.05) is 11.3 Å². The van der Waals surface area contributed by atoms with Crippen LogP contribution in [0.1, 0.15) is 32.9 Å². The normalized spacial score (nSPS) is 10.8. The van der Waals surface area contributed by atoms with Gasteiger partial charge in [0.2, 0.25) is 0 Å². The molecule has 7 heteroatoms. The Kier molecular flexibility index (Phi) is 4.31. The predicted octanol–water partition coefficient (Wildman–Crippen LogP) is 3.29. The Morgan fingerprint density at radius 2 is 1.80 bits per heavy atom. The molecule has 0 spiro atoms. The summed E-state index contributed by atoms with van der Waals surface area (Å²) in [7, 11) is 0. The fourth-order valence-corrected chi connectivity index (χ4v) is 2.35. The van der Waals surface area contributed by atoms with Crippen LogP contribution in [0.25, 0.3) is 5.95 Å². The van der Waals surface area contributed by atoms with Crippen LogP contribution >= 0.6 is 0 Å². The Balaban J connectivity index is 1.79. The number of carbonyl (C=O) groups excluding carboxylic acids is 1. The zero-order valence-corrected chi connectivity index (χ0v) is 14.5. The number of hydrogen-bond acceptors (Lipinski definition) is 4. The lowest BCUT2D eigenvalue weighted by atomic mass is 10.1. The minimum absolute atomic E-state index is 0.237. The minimum Gasteiger partial charge on any atom is -0.319 e. The number of benzene rings is 1. The van der Waals surface area contributed by atoms with Crippen molar-refractivity contribution in [2.45, 2.75) is 27.7 Å². The molecule has 0 aliphatic carbocycles. The van der Waals surface area contributed by atoms with Crippen molar-refractivity contribution >= 4 is 11.6 Å². The second-order valence-electron chi connectivity index (χ2n) is 5.90. The zero-order chi connectivity index (χ0) is 18.1. The van der Waals surface area contributed by atoms with E-state index in [0.717, 1.165) is 17.0 Å². The van der Waals surface area contributed by atoms with Crippen molar-refractivity contribution in [2.75, 3.05) is 5.32 Å². The molecule has 0 unspecified atom stereocenters. The average molecular weight is 339 g/mol. The molecule has 1 amide bonds. The third-order valence-electron chi connectivity index (χ3n) is 4.17. The van der Waals surface area contributed by atoms with Crippen LogP contribution in [0.15, 0.2) is 30.6 Å². The van der Waals surface area contributed by atoms with E-state index in [1.165, 1.54) is 18.5 Å². The number of nitrogens with zero attached hydrogens (tertiary/aromatic N) is 4. The van der Waals surface area contributed by atoms with E-state index in [0.29, 0.717) is 17.2 Å². The van der Waals surface area contributed by atoms with Gasteiger partial charge < -0.3 is 5.32 Å². The highest BCUT2D eigenvalue weighted by Gasteiger charge is 2.12. The van der Waals surface area contributed by atoms with E-state index in [1.54, 1.807) is 23.7 Å². The van der Waals surface area contributed by atoms with Gasteiger partial charge in [-0.15, -0.1) is 0 Å². The van der Waals surface area contributed by atoms with Gasteiger partial charge in [-0.25, -0.2) is 19.0 Å². The van der Waals surface area contributed by atoms with E-state index in [2.05, 4.69) is 20.4 Å². The van der Waals surface area contributed by atoms with Gasteiger partial charge in [0.15, 0.2) is 0 Å². The lowest BCUT2D eigenvalue weighted by Crippen LogP contribution is -2.13. The number of carbonyl (C=O) groups is 1. The van der Waals surface area contributed by atoms with Crippen LogP contribution < -0.4 is 5.32 Å². The summed E-state index contributed by atoms with van der Waals surface area (Å²) in [5.41, 5.74) is 4.12. The summed E-state index contributed by atoms with van der Waals surface area (Å²) in [4.78, 5) is 20.7. The molecular weight excluding hydrogens is 321 g/mol. The van der Waals surface area contributed by atoms with E-state index in [4.69, 9.17) is 0 Å². The average Bonchev–Trinajstić information content (AvgIpc) is 2.85. The van der Waals surface area contributed by atoms with Gasteiger partial charge in [-0.2, -0.15) is 5.10 Å². The number of amides is 1. The van der Waals surface area contributed by atoms with E-state index in [9.17, 15) is 9.18 Å². The van der Waals surface area contributed by atoms with Crippen molar-refractivity contribution < 1.29 is 9.18 Å². The Morgan fingerprint density at radius 1 is 1.12 bits per heavy atom. The summed E-state index contributed by atoms with van der Waals surface area (Å²) in [5, 5.41) is 7.05. The fraction of sp³-hybridized carbons (Fsp3) is 0.222.